The van der Waals surface area contributed by atoms with Crippen molar-refractivity contribution in [2.75, 3.05) is 0 Å². The Bertz CT molecular complexity index is 573. The van der Waals surface area contributed by atoms with Crippen LogP contribution in [0.25, 0.3) is 0 Å². The average Bonchev–Trinajstić information content (AvgIpc) is 2.36. The molecule has 0 spiro atoms. The van der Waals surface area contributed by atoms with E-state index in [9.17, 15) is 0 Å². The molecule has 0 fully saturated rings. The van der Waals surface area contributed by atoms with Gasteiger partial charge in [0, 0.05) is 9.80 Å². The van der Waals surface area contributed by atoms with E-state index in [0.29, 0.717) is 21.5 Å². The first-order chi connectivity index (χ1) is 8.60. The number of alkyl halides is 1. The normalized spacial score (nSPS) is 10.4. The quantitative estimate of drug-likeness (QED) is 0.529. The monoisotopic (exact) mass is 408 g/mol. The largest absolute Gasteiger partial charge is 0.454 e. The van der Waals surface area contributed by atoms with Gasteiger partial charge in [-0.05, 0) is 35.9 Å². The Labute approximate surface area is 132 Å². The highest BCUT2D eigenvalue weighted by Gasteiger charge is 2.08. The second-order valence-electron chi connectivity index (χ2n) is 3.58. The molecule has 2 aromatic carbocycles. The van der Waals surface area contributed by atoms with Gasteiger partial charge < -0.3 is 4.74 Å². The van der Waals surface area contributed by atoms with E-state index in [-0.39, 0.29) is 0 Å². The van der Waals surface area contributed by atoms with Crippen molar-refractivity contribution in [3.05, 3.63) is 56.5 Å². The van der Waals surface area contributed by atoms with Crippen LogP contribution in [0.5, 0.6) is 11.5 Å². The summed E-state index contributed by atoms with van der Waals surface area (Å²) >= 11 is 19.0. The molecule has 0 amide bonds. The molecule has 5 heteroatoms. The first kappa shape index (κ1) is 14.2. The van der Waals surface area contributed by atoms with E-state index in [2.05, 4.69) is 31.9 Å². The molecular formula is C13H8Br2Cl2O. The molecule has 0 atom stereocenters. The van der Waals surface area contributed by atoms with Crippen LogP contribution >= 0.6 is 55.1 Å². The van der Waals surface area contributed by atoms with Gasteiger partial charge in [0.15, 0.2) is 0 Å². The van der Waals surface area contributed by atoms with Crippen LogP contribution in [0.1, 0.15) is 5.56 Å². The molecular weight excluding hydrogens is 403 g/mol. The third-order valence-corrected chi connectivity index (χ3v) is 4.01. The molecule has 0 bridgehead atoms. The van der Waals surface area contributed by atoms with Gasteiger partial charge >= 0.3 is 0 Å². The number of hydrogen-bond donors (Lipinski definition) is 0. The zero-order chi connectivity index (χ0) is 13.1. The van der Waals surface area contributed by atoms with Gasteiger partial charge in [0.25, 0.3) is 0 Å². The molecule has 0 aliphatic carbocycles. The summed E-state index contributed by atoms with van der Waals surface area (Å²) in [6.07, 6.45) is 0. The van der Waals surface area contributed by atoms with Crippen molar-refractivity contribution in [1.29, 1.82) is 0 Å². The summed E-state index contributed by atoms with van der Waals surface area (Å²) in [5, 5.41) is 1.85. The summed E-state index contributed by atoms with van der Waals surface area (Å²) in [6, 6.07) is 11.1. The molecule has 18 heavy (non-hydrogen) atoms. The molecule has 2 rings (SSSR count). The standard InChI is InChI=1S/C13H8Br2Cl2O/c14-7-8-1-4-12(11(17)5-8)18-13-6-9(15)2-3-10(13)16/h1-6H,7H2. The summed E-state index contributed by atoms with van der Waals surface area (Å²) < 4.78 is 6.61. The number of hydrogen-bond acceptors (Lipinski definition) is 1. The van der Waals surface area contributed by atoms with Gasteiger partial charge in [0.1, 0.15) is 11.5 Å². The van der Waals surface area contributed by atoms with E-state index in [1.807, 2.05) is 24.3 Å². The molecule has 0 saturated heterocycles. The van der Waals surface area contributed by atoms with Crippen LogP contribution in [0.2, 0.25) is 10.0 Å². The van der Waals surface area contributed by atoms with E-state index < -0.39 is 0 Å². The van der Waals surface area contributed by atoms with Crippen molar-refractivity contribution in [2.24, 2.45) is 0 Å². The van der Waals surface area contributed by atoms with Crippen molar-refractivity contribution >= 4 is 55.1 Å². The van der Waals surface area contributed by atoms with Gasteiger partial charge in [-0.25, -0.2) is 0 Å². The summed E-state index contributed by atoms with van der Waals surface area (Å²) in [7, 11) is 0. The second-order valence-corrected chi connectivity index (χ2v) is 5.87. The maximum atomic E-state index is 6.15. The van der Waals surface area contributed by atoms with Crippen molar-refractivity contribution in [1.82, 2.24) is 0 Å². The number of rotatable bonds is 3. The maximum absolute atomic E-state index is 6.15. The third-order valence-electron chi connectivity index (χ3n) is 2.26. The molecule has 2 aromatic rings. The summed E-state index contributed by atoms with van der Waals surface area (Å²) in [4.78, 5) is 0. The fourth-order valence-corrected chi connectivity index (χ4v) is 2.47. The lowest BCUT2D eigenvalue weighted by Crippen LogP contribution is -1.88. The van der Waals surface area contributed by atoms with Crippen molar-refractivity contribution in [2.45, 2.75) is 5.33 Å². The lowest BCUT2D eigenvalue weighted by molar-refractivity contribution is 0.482. The van der Waals surface area contributed by atoms with E-state index in [4.69, 9.17) is 27.9 Å². The minimum Gasteiger partial charge on any atom is -0.454 e. The van der Waals surface area contributed by atoms with Crippen LogP contribution in [0.15, 0.2) is 40.9 Å². The summed E-state index contributed by atoms with van der Waals surface area (Å²) in [6.45, 7) is 0. The maximum Gasteiger partial charge on any atom is 0.147 e. The smallest absolute Gasteiger partial charge is 0.147 e. The Morgan fingerprint density at radius 1 is 0.944 bits per heavy atom. The van der Waals surface area contributed by atoms with E-state index in [0.717, 1.165) is 15.4 Å². The van der Waals surface area contributed by atoms with Crippen LogP contribution in [0, 0.1) is 0 Å². The SMILES string of the molecule is Clc1cc(CBr)ccc1Oc1cc(Br)ccc1Cl. The lowest BCUT2D eigenvalue weighted by Gasteiger charge is -2.10. The topological polar surface area (TPSA) is 9.23 Å². The van der Waals surface area contributed by atoms with Gasteiger partial charge in [-0.1, -0.05) is 61.1 Å². The predicted octanol–water partition coefficient (Wildman–Crippen LogP) is 6.44. The van der Waals surface area contributed by atoms with Crippen LogP contribution in [0.3, 0.4) is 0 Å². The van der Waals surface area contributed by atoms with Gasteiger partial charge in [-0.15, -0.1) is 0 Å². The lowest BCUT2D eigenvalue weighted by atomic mass is 10.2. The summed E-state index contributed by atoms with van der Waals surface area (Å²) in [5.41, 5.74) is 1.09. The Hall–Kier alpha value is -0.220. The zero-order valence-corrected chi connectivity index (χ0v) is 13.8. The number of benzene rings is 2. The van der Waals surface area contributed by atoms with E-state index >= 15 is 0 Å². The Morgan fingerprint density at radius 3 is 2.39 bits per heavy atom. The molecule has 94 valence electrons. The fraction of sp³-hybridized carbons (Fsp3) is 0.0769. The Morgan fingerprint density at radius 2 is 1.72 bits per heavy atom. The van der Waals surface area contributed by atoms with E-state index in [1.165, 1.54) is 0 Å². The molecule has 0 aliphatic rings. The molecule has 1 nitrogen and oxygen atoms in total. The second kappa shape index (κ2) is 6.29. The van der Waals surface area contributed by atoms with Crippen LogP contribution in [-0.2, 0) is 5.33 Å². The minimum atomic E-state index is 0.541. The van der Waals surface area contributed by atoms with Crippen LogP contribution in [0.4, 0.5) is 0 Å². The van der Waals surface area contributed by atoms with Crippen molar-refractivity contribution in [3.63, 3.8) is 0 Å². The first-order valence-corrected chi connectivity index (χ1v) is 7.74. The van der Waals surface area contributed by atoms with Crippen LogP contribution in [-0.4, -0.2) is 0 Å². The van der Waals surface area contributed by atoms with Crippen molar-refractivity contribution < 1.29 is 4.74 Å². The highest BCUT2D eigenvalue weighted by atomic mass is 79.9. The summed E-state index contributed by atoms with van der Waals surface area (Å²) in [5.74, 6) is 1.15. The number of ether oxygens (including phenoxy) is 1. The average molecular weight is 411 g/mol. The van der Waals surface area contributed by atoms with E-state index in [1.54, 1.807) is 12.1 Å². The highest BCUT2D eigenvalue weighted by molar-refractivity contribution is 9.10. The minimum absolute atomic E-state index is 0.541. The molecule has 0 radical (unpaired) electrons. The van der Waals surface area contributed by atoms with Crippen molar-refractivity contribution in [3.8, 4) is 11.5 Å². The Kier molecular flexibility index (Phi) is 4.96. The highest BCUT2D eigenvalue weighted by Crippen LogP contribution is 2.35. The molecule has 0 unspecified atom stereocenters. The van der Waals surface area contributed by atoms with Gasteiger partial charge in [0.05, 0.1) is 10.0 Å². The molecule has 0 heterocycles. The van der Waals surface area contributed by atoms with Gasteiger partial charge in [-0.3, -0.25) is 0 Å². The molecule has 0 aliphatic heterocycles. The zero-order valence-electron chi connectivity index (χ0n) is 9.09. The van der Waals surface area contributed by atoms with Gasteiger partial charge in [0.2, 0.25) is 0 Å². The first-order valence-electron chi connectivity index (χ1n) is 5.07. The van der Waals surface area contributed by atoms with Gasteiger partial charge in [-0.2, -0.15) is 0 Å². The molecule has 0 aromatic heterocycles. The van der Waals surface area contributed by atoms with Crippen LogP contribution < -0.4 is 4.74 Å². The Balaban J connectivity index is 2.31. The third kappa shape index (κ3) is 3.41. The predicted molar refractivity (Wildman–Crippen MR) is 83.3 cm³/mol. The molecule has 0 saturated carbocycles. The fourth-order valence-electron chi connectivity index (χ4n) is 1.38. The number of halogens is 4. The molecule has 0 N–H and O–H groups in total.